The second-order valence-electron chi connectivity index (χ2n) is 5.22. The average molecular weight is 316 g/mol. The van der Waals surface area contributed by atoms with Crippen molar-refractivity contribution < 1.29 is 21.6 Å². The van der Waals surface area contributed by atoms with Crippen LogP contribution in [0.15, 0.2) is 0 Å². The van der Waals surface area contributed by atoms with Crippen molar-refractivity contribution >= 4 is 9.84 Å². The van der Waals surface area contributed by atoms with Crippen LogP contribution >= 0.6 is 0 Å². The summed E-state index contributed by atoms with van der Waals surface area (Å²) in [5.74, 6) is -0.153. The first-order valence-electron chi connectivity index (χ1n) is 6.95. The fraction of sp³-hybridized carbons (Fsp3) is 1.00. The highest BCUT2D eigenvalue weighted by Gasteiger charge is 2.34. The third-order valence-electron chi connectivity index (χ3n) is 3.41. The minimum absolute atomic E-state index is 0.0352. The zero-order chi connectivity index (χ0) is 15.2. The Morgan fingerprint density at radius 3 is 2.30 bits per heavy atom. The Hall–Kier alpha value is -0.340. The van der Waals surface area contributed by atoms with E-state index in [9.17, 15) is 21.6 Å². The number of hydrogen-bond donors (Lipinski definition) is 1. The van der Waals surface area contributed by atoms with Crippen LogP contribution in [0.1, 0.15) is 26.2 Å². The molecule has 1 aliphatic heterocycles. The zero-order valence-electron chi connectivity index (χ0n) is 11.7. The predicted molar refractivity (Wildman–Crippen MR) is 72.5 cm³/mol. The molecule has 0 aliphatic carbocycles. The van der Waals surface area contributed by atoms with E-state index in [0.717, 1.165) is 0 Å². The number of halogens is 3. The molecule has 0 saturated carbocycles. The first-order chi connectivity index (χ1) is 9.23. The van der Waals surface area contributed by atoms with Gasteiger partial charge in [-0.2, -0.15) is 13.2 Å². The highest BCUT2D eigenvalue weighted by atomic mass is 32.2. The van der Waals surface area contributed by atoms with Gasteiger partial charge in [-0.1, -0.05) is 6.92 Å². The van der Waals surface area contributed by atoms with E-state index < -0.39 is 22.6 Å². The molecule has 1 saturated heterocycles. The molecular weight excluding hydrogens is 293 g/mol. The molecule has 0 atom stereocenters. The molecule has 4 nitrogen and oxygen atoms in total. The third kappa shape index (κ3) is 6.90. The lowest BCUT2D eigenvalue weighted by molar-refractivity contribution is -0.151. The standard InChI is InChI=1S/C12H23F3N2O2S/c1-2-8-20(18,19)9-7-17(10-12(13,14)15)11-3-5-16-6-4-11/h11,16H,2-10H2,1H3. The van der Waals surface area contributed by atoms with Crippen molar-refractivity contribution in [3.05, 3.63) is 0 Å². The van der Waals surface area contributed by atoms with Crippen LogP contribution in [0.5, 0.6) is 0 Å². The Labute approximate surface area is 118 Å². The number of alkyl halides is 3. The molecule has 0 amide bonds. The lowest BCUT2D eigenvalue weighted by atomic mass is 10.0. The third-order valence-corrected chi connectivity index (χ3v) is 5.25. The molecule has 1 fully saturated rings. The first-order valence-corrected chi connectivity index (χ1v) is 8.77. The van der Waals surface area contributed by atoms with E-state index in [1.165, 1.54) is 4.90 Å². The molecule has 20 heavy (non-hydrogen) atoms. The Morgan fingerprint density at radius 2 is 1.80 bits per heavy atom. The van der Waals surface area contributed by atoms with Crippen LogP contribution in [-0.2, 0) is 9.84 Å². The summed E-state index contributed by atoms with van der Waals surface area (Å²) in [6, 6.07) is -0.185. The molecule has 1 N–H and O–H groups in total. The molecule has 1 aliphatic rings. The Morgan fingerprint density at radius 1 is 1.20 bits per heavy atom. The van der Waals surface area contributed by atoms with Crippen molar-refractivity contribution in [3.63, 3.8) is 0 Å². The molecular formula is C12H23F3N2O2S. The summed E-state index contributed by atoms with van der Waals surface area (Å²) in [5.41, 5.74) is 0. The maximum Gasteiger partial charge on any atom is 0.401 e. The molecule has 0 aromatic rings. The quantitative estimate of drug-likeness (QED) is 0.772. The van der Waals surface area contributed by atoms with Gasteiger partial charge in [0.2, 0.25) is 0 Å². The molecule has 0 spiro atoms. The molecule has 1 heterocycles. The molecule has 0 aromatic carbocycles. The topological polar surface area (TPSA) is 49.4 Å². The lowest BCUT2D eigenvalue weighted by Crippen LogP contribution is -2.48. The fourth-order valence-electron chi connectivity index (χ4n) is 2.46. The first kappa shape index (κ1) is 17.7. The Balaban J connectivity index is 2.62. The van der Waals surface area contributed by atoms with E-state index in [4.69, 9.17) is 0 Å². The van der Waals surface area contributed by atoms with Gasteiger partial charge in [0, 0.05) is 18.3 Å². The summed E-state index contributed by atoms with van der Waals surface area (Å²) >= 11 is 0. The number of sulfone groups is 1. The van der Waals surface area contributed by atoms with E-state index >= 15 is 0 Å². The largest absolute Gasteiger partial charge is 0.401 e. The molecule has 0 aromatic heterocycles. The number of piperidine rings is 1. The molecule has 8 heteroatoms. The van der Waals surface area contributed by atoms with Gasteiger partial charge in [0.25, 0.3) is 0 Å². The van der Waals surface area contributed by atoms with Crippen LogP contribution in [0, 0.1) is 0 Å². The zero-order valence-corrected chi connectivity index (χ0v) is 12.6. The van der Waals surface area contributed by atoms with Gasteiger partial charge in [-0.25, -0.2) is 8.42 Å². The van der Waals surface area contributed by atoms with Crippen LogP contribution in [-0.4, -0.2) is 63.2 Å². The van der Waals surface area contributed by atoms with Crippen LogP contribution < -0.4 is 5.32 Å². The maximum atomic E-state index is 12.6. The van der Waals surface area contributed by atoms with E-state index in [1.807, 2.05) is 0 Å². The van der Waals surface area contributed by atoms with Crippen LogP contribution in [0.3, 0.4) is 0 Å². The minimum Gasteiger partial charge on any atom is -0.317 e. The van der Waals surface area contributed by atoms with Gasteiger partial charge >= 0.3 is 6.18 Å². The summed E-state index contributed by atoms with van der Waals surface area (Å²) < 4.78 is 61.2. The van der Waals surface area contributed by atoms with Crippen LogP contribution in [0.4, 0.5) is 13.2 Å². The predicted octanol–water partition coefficient (Wildman–Crippen LogP) is 1.43. The molecule has 0 bridgehead atoms. The average Bonchev–Trinajstić information content (AvgIpc) is 2.34. The SMILES string of the molecule is CCCS(=O)(=O)CCN(CC(F)(F)F)C1CCNCC1. The summed E-state index contributed by atoms with van der Waals surface area (Å²) in [6.45, 7) is 2.05. The molecule has 1 rings (SSSR count). The van der Waals surface area contributed by atoms with Gasteiger partial charge in [0.05, 0.1) is 12.3 Å². The van der Waals surface area contributed by atoms with Crippen molar-refractivity contribution in [1.82, 2.24) is 10.2 Å². The van der Waals surface area contributed by atoms with Crippen molar-refractivity contribution in [1.29, 1.82) is 0 Å². The van der Waals surface area contributed by atoms with E-state index in [-0.39, 0.29) is 24.1 Å². The number of rotatable bonds is 7. The fourth-order valence-corrected chi connectivity index (χ4v) is 3.80. The van der Waals surface area contributed by atoms with Crippen molar-refractivity contribution in [2.24, 2.45) is 0 Å². The summed E-state index contributed by atoms with van der Waals surface area (Å²) in [6.07, 6.45) is -2.54. The highest BCUT2D eigenvalue weighted by Crippen LogP contribution is 2.21. The van der Waals surface area contributed by atoms with Crippen LogP contribution in [0.25, 0.3) is 0 Å². The Kier molecular flexibility index (Phi) is 6.74. The summed E-state index contributed by atoms with van der Waals surface area (Å²) in [7, 11) is -3.25. The van der Waals surface area contributed by atoms with Gasteiger partial charge in [-0.3, -0.25) is 4.90 Å². The van der Waals surface area contributed by atoms with Gasteiger partial charge < -0.3 is 5.32 Å². The smallest absolute Gasteiger partial charge is 0.317 e. The van der Waals surface area contributed by atoms with E-state index in [0.29, 0.717) is 32.4 Å². The van der Waals surface area contributed by atoms with Crippen LogP contribution in [0.2, 0.25) is 0 Å². The molecule has 0 unspecified atom stereocenters. The van der Waals surface area contributed by atoms with Crippen molar-refractivity contribution in [2.75, 3.05) is 37.7 Å². The van der Waals surface area contributed by atoms with Crippen molar-refractivity contribution in [2.45, 2.75) is 38.4 Å². The van der Waals surface area contributed by atoms with Gasteiger partial charge in [0.15, 0.2) is 9.84 Å². The summed E-state index contributed by atoms with van der Waals surface area (Å²) in [4.78, 5) is 1.29. The maximum absolute atomic E-state index is 12.6. The lowest BCUT2D eigenvalue weighted by Gasteiger charge is -2.35. The number of hydrogen-bond acceptors (Lipinski definition) is 4. The molecule has 0 radical (unpaired) electrons. The molecule has 120 valence electrons. The second kappa shape index (κ2) is 7.61. The van der Waals surface area contributed by atoms with E-state index in [2.05, 4.69) is 5.32 Å². The minimum atomic E-state index is -4.29. The normalized spacial score (nSPS) is 18.6. The van der Waals surface area contributed by atoms with Gasteiger partial charge in [-0.05, 0) is 32.4 Å². The monoisotopic (exact) mass is 316 g/mol. The number of nitrogens with one attached hydrogen (secondary N) is 1. The van der Waals surface area contributed by atoms with Gasteiger partial charge in [0.1, 0.15) is 0 Å². The number of nitrogens with zero attached hydrogens (tertiary/aromatic N) is 1. The second-order valence-corrected chi connectivity index (χ2v) is 7.52. The highest BCUT2D eigenvalue weighted by molar-refractivity contribution is 7.91. The van der Waals surface area contributed by atoms with Gasteiger partial charge in [-0.15, -0.1) is 0 Å². The van der Waals surface area contributed by atoms with E-state index in [1.54, 1.807) is 6.92 Å². The Bertz CT molecular complexity index is 379. The van der Waals surface area contributed by atoms with Crippen molar-refractivity contribution in [3.8, 4) is 0 Å². The summed E-state index contributed by atoms with van der Waals surface area (Å²) in [5, 5.41) is 3.10.